The van der Waals surface area contributed by atoms with Gasteiger partial charge >= 0.3 is 6.18 Å². The zero-order valence-electron chi connectivity index (χ0n) is 22.5. The van der Waals surface area contributed by atoms with Crippen LogP contribution in [0.2, 0.25) is 10.0 Å². The minimum absolute atomic E-state index is 0.0713. The van der Waals surface area contributed by atoms with Crippen LogP contribution < -0.4 is 15.0 Å². The average molecular weight is 617 g/mol. The van der Waals surface area contributed by atoms with Crippen LogP contribution in [0.15, 0.2) is 42.7 Å². The minimum Gasteiger partial charge on any atom is -0.496 e. The summed E-state index contributed by atoms with van der Waals surface area (Å²) >= 11 is 12.6. The molecule has 9 nitrogen and oxygen atoms in total. The fourth-order valence-corrected chi connectivity index (χ4v) is 5.98. The predicted octanol–water partition coefficient (Wildman–Crippen LogP) is 6.42. The maximum atomic E-state index is 14.4. The summed E-state index contributed by atoms with van der Waals surface area (Å²) in [5.74, 6) is -1.23. The normalized spacial score (nSPS) is 17.7. The first-order valence-electron chi connectivity index (χ1n) is 12.6. The Morgan fingerprint density at radius 2 is 1.79 bits per heavy atom. The Morgan fingerprint density at radius 3 is 2.45 bits per heavy atom. The largest absolute Gasteiger partial charge is 0.496 e. The molecule has 0 saturated carbocycles. The number of benzene rings is 1. The topological polar surface area (TPSA) is 102 Å². The van der Waals surface area contributed by atoms with Crippen molar-refractivity contribution in [1.82, 2.24) is 19.5 Å². The standard InChI is InChI=1S/C28H21Cl2F3N6O3/c1-12(2)38-23-22(37-24(38)16-11-35-21(28(31,32)33)9-20(16)42-4)25(40)39(19-8-15(30)10-34-13(19)3)27(23)17-6-5-14(29)7-18(17)36-26(27)41/h5-12H,1-4H3,(H,36,41)/t27-/m1/s1. The number of ether oxygens (including phenoxy) is 1. The number of pyridine rings is 2. The van der Waals surface area contributed by atoms with Crippen LogP contribution in [0, 0.1) is 6.92 Å². The number of nitrogens with zero attached hydrogens (tertiary/aromatic N) is 5. The summed E-state index contributed by atoms with van der Waals surface area (Å²) in [4.78, 5) is 42.5. The first kappa shape index (κ1) is 28.0. The van der Waals surface area contributed by atoms with E-state index in [1.54, 1.807) is 49.6 Å². The van der Waals surface area contributed by atoms with Crippen molar-refractivity contribution in [3.05, 3.63) is 81.1 Å². The van der Waals surface area contributed by atoms with Gasteiger partial charge in [-0.05, 0) is 39.0 Å². The summed E-state index contributed by atoms with van der Waals surface area (Å²) in [7, 11) is 1.23. The molecule has 42 heavy (non-hydrogen) atoms. The van der Waals surface area contributed by atoms with E-state index < -0.39 is 35.3 Å². The Hall–Kier alpha value is -4.16. The van der Waals surface area contributed by atoms with E-state index in [0.717, 1.165) is 12.3 Å². The molecule has 1 spiro atoms. The van der Waals surface area contributed by atoms with Crippen molar-refractivity contribution in [3.8, 4) is 17.1 Å². The van der Waals surface area contributed by atoms with Crippen LogP contribution in [0.5, 0.6) is 5.75 Å². The predicted molar refractivity (Wildman–Crippen MR) is 149 cm³/mol. The lowest BCUT2D eigenvalue weighted by molar-refractivity contribution is -0.141. The highest BCUT2D eigenvalue weighted by molar-refractivity contribution is 6.32. The molecule has 0 radical (unpaired) electrons. The third-order valence-electron chi connectivity index (χ3n) is 7.34. The summed E-state index contributed by atoms with van der Waals surface area (Å²) in [6, 6.07) is 6.70. The SMILES string of the molecule is COc1cc(C(F)(F)F)ncc1-c1nc2c(n1C(C)C)[C@]1(C(=O)Nc3cc(Cl)ccc31)N(c1cc(Cl)cnc1C)C2=O. The number of alkyl halides is 3. The number of halogens is 5. The average Bonchev–Trinajstić information content (AvgIpc) is 3.53. The van der Waals surface area contributed by atoms with Crippen molar-refractivity contribution in [1.29, 1.82) is 0 Å². The van der Waals surface area contributed by atoms with Crippen LogP contribution in [0.4, 0.5) is 24.5 Å². The molecule has 14 heteroatoms. The lowest BCUT2D eigenvalue weighted by Crippen LogP contribution is -2.51. The fraction of sp³-hybridized carbons (Fsp3) is 0.250. The monoisotopic (exact) mass is 616 g/mol. The van der Waals surface area contributed by atoms with E-state index in [9.17, 15) is 22.8 Å². The highest BCUT2D eigenvalue weighted by atomic mass is 35.5. The van der Waals surface area contributed by atoms with Crippen LogP contribution in [0.3, 0.4) is 0 Å². The number of carbonyl (C=O) groups is 2. The molecular formula is C28H21Cl2F3N6O3. The minimum atomic E-state index is -4.71. The van der Waals surface area contributed by atoms with E-state index >= 15 is 0 Å². The highest BCUT2D eigenvalue weighted by Crippen LogP contribution is 2.55. The second-order valence-electron chi connectivity index (χ2n) is 10.1. The second kappa shape index (κ2) is 9.43. The van der Waals surface area contributed by atoms with Gasteiger partial charge in [-0.25, -0.2) is 4.98 Å². The molecular weight excluding hydrogens is 596 g/mol. The molecule has 0 bridgehead atoms. The van der Waals surface area contributed by atoms with Crippen molar-refractivity contribution >= 4 is 46.4 Å². The van der Waals surface area contributed by atoms with E-state index in [-0.39, 0.29) is 39.2 Å². The van der Waals surface area contributed by atoms with Crippen molar-refractivity contribution < 1.29 is 27.5 Å². The molecule has 0 saturated heterocycles. The van der Waals surface area contributed by atoms with Crippen molar-refractivity contribution in [2.45, 2.75) is 38.5 Å². The Labute approximate surface area is 247 Å². The van der Waals surface area contributed by atoms with Gasteiger partial charge in [0.15, 0.2) is 11.2 Å². The molecule has 2 amide bonds. The zero-order valence-corrected chi connectivity index (χ0v) is 24.0. The number of anilines is 2. The van der Waals surface area contributed by atoms with E-state index in [2.05, 4.69) is 20.3 Å². The van der Waals surface area contributed by atoms with Crippen LogP contribution in [-0.4, -0.2) is 38.4 Å². The Bertz CT molecular complexity index is 1820. The van der Waals surface area contributed by atoms with Gasteiger partial charge in [-0.1, -0.05) is 29.3 Å². The lowest BCUT2D eigenvalue weighted by Gasteiger charge is -2.36. The van der Waals surface area contributed by atoms with Crippen LogP contribution >= 0.6 is 23.2 Å². The first-order valence-corrected chi connectivity index (χ1v) is 13.4. The van der Waals surface area contributed by atoms with Gasteiger partial charge in [0.1, 0.15) is 17.3 Å². The molecule has 216 valence electrons. The van der Waals surface area contributed by atoms with E-state index in [4.69, 9.17) is 27.9 Å². The molecule has 0 fully saturated rings. The molecule has 2 aliphatic heterocycles. The molecule has 1 N–H and O–H groups in total. The molecule has 3 aromatic heterocycles. The number of aromatic nitrogens is 4. The third-order valence-corrected chi connectivity index (χ3v) is 7.79. The van der Waals surface area contributed by atoms with E-state index in [1.807, 2.05) is 0 Å². The van der Waals surface area contributed by atoms with Gasteiger partial charge in [-0.3, -0.25) is 24.5 Å². The van der Waals surface area contributed by atoms with Gasteiger partial charge in [0.2, 0.25) is 0 Å². The van der Waals surface area contributed by atoms with Gasteiger partial charge in [-0.2, -0.15) is 13.2 Å². The smallest absolute Gasteiger partial charge is 0.433 e. The quantitative estimate of drug-likeness (QED) is 0.284. The summed E-state index contributed by atoms with van der Waals surface area (Å²) in [5.41, 5.74) is -1.15. The third kappa shape index (κ3) is 3.81. The van der Waals surface area contributed by atoms with Crippen LogP contribution in [0.25, 0.3) is 11.4 Å². The molecule has 4 aromatic rings. The number of nitrogens with one attached hydrogen (secondary N) is 1. The summed E-state index contributed by atoms with van der Waals surface area (Å²) < 4.78 is 47.3. The number of rotatable bonds is 4. The summed E-state index contributed by atoms with van der Waals surface area (Å²) in [6.07, 6.45) is -2.28. The molecule has 5 heterocycles. The Balaban J connectivity index is 1.71. The van der Waals surface area contributed by atoms with Gasteiger partial charge < -0.3 is 14.6 Å². The number of hydrogen-bond donors (Lipinski definition) is 1. The maximum Gasteiger partial charge on any atom is 0.433 e. The Kier molecular flexibility index (Phi) is 6.28. The van der Waals surface area contributed by atoms with E-state index in [0.29, 0.717) is 22.0 Å². The number of carbonyl (C=O) groups excluding carboxylic acids is 2. The van der Waals surface area contributed by atoms with Crippen LogP contribution in [0.1, 0.15) is 53.0 Å². The maximum absolute atomic E-state index is 14.4. The zero-order chi connectivity index (χ0) is 30.3. The lowest BCUT2D eigenvalue weighted by atomic mass is 9.87. The molecule has 1 aromatic carbocycles. The van der Waals surface area contributed by atoms with E-state index in [1.165, 1.54) is 18.2 Å². The van der Waals surface area contributed by atoms with Gasteiger partial charge in [-0.15, -0.1) is 0 Å². The van der Waals surface area contributed by atoms with Gasteiger partial charge in [0.25, 0.3) is 11.8 Å². The van der Waals surface area contributed by atoms with Crippen molar-refractivity contribution in [2.24, 2.45) is 0 Å². The number of imidazole rings is 1. The van der Waals surface area contributed by atoms with Crippen molar-refractivity contribution in [3.63, 3.8) is 0 Å². The van der Waals surface area contributed by atoms with Crippen LogP contribution in [-0.2, 0) is 16.5 Å². The van der Waals surface area contributed by atoms with Gasteiger partial charge in [0.05, 0.1) is 34.8 Å². The summed E-state index contributed by atoms with van der Waals surface area (Å²) in [5, 5.41) is 3.46. The first-order chi connectivity index (χ1) is 19.8. The number of hydrogen-bond acceptors (Lipinski definition) is 6. The number of amides is 2. The number of fused-ring (bicyclic) bond motifs is 4. The fourth-order valence-electron chi connectivity index (χ4n) is 5.65. The molecule has 1 atom stereocenters. The molecule has 2 aliphatic rings. The van der Waals surface area contributed by atoms with Crippen molar-refractivity contribution in [2.75, 3.05) is 17.3 Å². The number of methoxy groups -OCH3 is 1. The van der Waals surface area contributed by atoms with Gasteiger partial charge in [0, 0.05) is 40.8 Å². The second-order valence-corrected chi connectivity index (χ2v) is 11.0. The molecule has 0 aliphatic carbocycles. The molecule has 6 rings (SSSR count). The number of aryl methyl sites for hydroxylation is 1. The molecule has 0 unspecified atom stereocenters. The highest BCUT2D eigenvalue weighted by Gasteiger charge is 2.64. The summed E-state index contributed by atoms with van der Waals surface area (Å²) in [6.45, 7) is 5.29. The Morgan fingerprint density at radius 1 is 1.05 bits per heavy atom.